The molecule has 0 spiro atoms. The van der Waals surface area contributed by atoms with Gasteiger partial charge in [0.2, 0.25) is 5.52 Å². The second-order valence-electron chi connectivity index (χ2n) is 5.93. The zero-order valence-corrected chi connectivity index (χ0v) is 16.4. The summed E-state index contributed by atoms with van der Waals surface area (Å²) < 4.78 is 7.51. The summed E-state index contributed by atoms with van der Waals surface area (Å²) in [4.78, 5) is 17.7. The van der Waals surface area contributed by atoms with Crippen molar-refractivity contribution in [3.05, 3.63) is 54.0 Å². The molecule has 0 amide bonds. The van der Waals surface area contributed by atoms with Gasteiger partial charge in [0.25, 0.3) is 0 Å². The summed E-state index contributed by atoms with van der Waals surface area (Å²) in [5, 5.41) is 1.07. The zero-order valence-electron chi connectivity index (χ0n) is 15.6. The van der Waals surface area contributed by atoms with Crippen LogP contribution in [-0.2, 0) is 11.3 Å². The lowest BCUT2D eigenvalue weighted by Crippen LogP contribution is -2.39. The number of carbonyl (C=O) groups excluding carboxylic acids is 1. The fourth-order valence-electron chi connectivity index (χ4n) is 3.35. The van der Waals surface area contributed by atoms with Gasteiger partial charge in [0.15, 0.2) is 5.69 Å². The Kier molecular flexibility index (Phi) is 5.57. The van der Waals surface area contributed by atoms with Crippen LogP contribution in [0.1, 0.15) is 29.9 Å². The van der Waals surface area contributed by atoms with Crippen LogP contribution in [0, 0.1) is 6.92 Å². The van der Waals surface area contributed by atoms with Crippen LogP contribution in [0.2, 0.25) is 0 Å². The second kappa shape index (κ2) is 7.87. The SMILES string of the molecule is CCOC(=O)c1c(SC)c2ccc(-c3ccncc3)cc2[n+](CC)c1C. The van der Waals surface area contributed by atoms with E-state index in [1.807, 2.05) is 32.2 Å². The van der Waals surface area contributed by atoms with Crippen molar-refractivity contribution in [1.29, 1.82) is 0 Å². The Labute approximate surface area is 158 Å². The van der Waals surface area contributed by atoms with E-state index in [1.54, 1.807) is 24.2 Å². The maximum atomic E-state index is 12.6. The molecule has 0 aliphatic carbocycles. The molecule has 0 aliphatic rings. The number of nitrogens with zero attached hydrogens (tertiary/aromatic N) is 2. The maximum Gasteiger partial charge on any atom is 0.345 e. The summed E-state index contributed by atoms with van der Waals surface area (Å²) in [6.45, 7) is 7.08. The van der Waals surface area contributed by atoms with Gasteiger partial charge in [0.1, 0.15) is 12.1 Å². The van der Waals surface area contributed by atoms with Gasteiger partial charge in [-0.2, -0.15) is 4.57 Å². The summed E-state index contributed by atoms with van der Waals surface area (Å²) in [5.41, 5.74) is 5.00. The van der Waals surface area contributed by atoms with Crippen molar-refractivity contribution in [1.82, 2.24) is 4.98 Å². The Hall–Kier alpha value is -2.40. The first-order valence-electron chi connectivity index (χ1n) is 8.74. The molecule has 26 heavy (non-hydrogen) atoms. The van der Waals surface area contributed by atoms with Crippen LogP contribution in [-0.4, -0.2) is 23.8 Å². The van der Waals surface area contributed by atoms with Gasteiger partial charge in [-0.05, 0) is 49.4 Å². The summed E-state index contributed by atoms with van der Waals surface area (Å²) in [6, 6.07) is 10.4. The van der Waals surface area contributed by atoms with Gasteiger partial charge in [0.05, 0.1) is 12.0 Å². The lowest BCUT2D eigenvalue weighted by molar-refractivity contribution is -0.674. The van der Waals surface area contributed by atoms with E-state index in [1.165, 1.54) is 0 Å². The lowest BCUT2D eigenvalue weighted by Gasteiger charge is -2.14. The van der Waals surface area contributed by atoms with Gasteiger partial charge in [-0.25, -0.2) is 4.79 Å². The highest BCUT2D eigenvalue weighted by molar-refractivity contribution is 7.99. The van der Waals surface area contributed by atoms with Crippen molar-refractivity contribution in [3.63, 3.8) is 0 Å². The number of hydrogen-bond acceptors (Lipinski definition) is 4. The smallest absolute Gasteiger partial charge is 0.345 e. The number of benzene rings is 1. The largest absolute Gasteiger partial charge is 0.462 e. The molecule has 2 aromatic heterocycles. The highest BCUT2D eigenvalue weighted by atomic mass is 32.2. The summed E-state index contributed by atoms with van der Waals surface area (Å²) in [7, 11) is 0. The number of carbonyl (C=O) groups is 1. The van der Waals surface area contributed by atoms with E-state index in [2.05, 4.69) is 34.7 Å². The molecule has 5 heteroatoms. The number of rotatable bonds is 5. The van der Waals surface area contributed by atoms with Crippen molar-refractivity contribution in [2.24, 2.45) is 0 Å². The number of pyridine rings is 2. The summed E-state index contributed by atoms with van der Waals surface area (Å²) in [6.07, 6.45) is 5.61. The minimum absolute atomic E-state index is 0.253. The Morgan fingerprint density at radius 2 is 1.88 bits per heavy atom. The first kappa shape index (κ1) is 18.4. The van der Waals surface area contributed by atoms with Gasteiger partial charge in [0, 0.05) is 30.3 Å². The predicted octanol–water partition coefficient (Wildman–Crippen LogP) is 4.42. The number of thioether (sulfide) groups is 1. The fraction of sp³-hybridized carbons (Fsp3) is 0.286. The Morgan fingerprint density at radius 3 is 2.50 bits per heavy atom. The van der Waals surface area contributed by atoms with Gasteiger partial charge in [-0.3, -0.25) is 4.98 Å². The summed E-state index contributed by atoms with van der Waals surface area (Å²) in [5.74, 6) is -0.253. The molecular weight excluding hydrogens is 344 g/mol. The number of esters is 1. The van der Waals surface area contributed by atoms with Crippen LogP contribution >= 0.6 is 11.8 Å². The van der Waals surface area contributed by atoms with Crippen LogP contribution in [0.15, 0.2) is 47.6 Å². The average Bonchev–Trinajstić information content (AvgIpc) is 2.67. The van der Waals surface area contributed by atoms with Crippen molar-refractivity contribution >= 4 is 28.6 Å². The standard InChI is InChI=1S/C21H23N2O2S/c1-5-23-14(3)19(21(24)25-6-2)20(26-4)17-8-7-16(13-18(17)23)15-9-11-22-12-10-15/h7-13H,5-6H2,1-4H3/q+1. The molecule has 0 saturated heterocycles. The van der Waals surface area contributed by atoms with Gasteiger partial charge >= 0.3 is 5.97 Å². The maximum absolute atomic E-state index is 12.6. The molecule has 0 saturated carbocycles. The Morgan fingerprint density at radius 1 is 1.15 bits per heavy atom. The number of aryl methyl sites for hydroxylation is 1. The van der Waals surface area contributed by atoms with E-state index < -0.39 is 0 Å². The van der Waals surface area contributed by atoms with Crippen LogP contribution in [0.4, 0.5) is 0 Å². The topological polar surface area (TPSA) is 43.1 Å². The second-order valence-corrected chi connectivity index (χ2v) is 6.74. The Bertz CT molecular complexity index is 955. The van der Waals surface area contributed by atoms with Gasteiger partial charge in [-0.15, -0.1) is 11.8 Å². The van der Waals surface area contributed by atoms with E-state index in [0.29, 0.717) is 12.2 Å². The number of fused-ring (bicyclic) bond motifs is 1. The quantitative estimate of drug-likeness (QED) is 0.380. The molecule has 0 fully saturated rings. The average molecular weight is 367 g/mol. The van der Waals surface area contributed by atoms with Gasteiger partial charge in [-0.1, -0.05) is 6.07 Å². The van der Waals surface area contributed by atoms with Crippen LogP contribution < -0.4 is 4.57 Å². The molecule has 0 aliphatic heterocycles. The molecule has 0 N–H and O–H groups in total. The van der Waals surface area contributed by atoms with E-state index in [4.69, 9.17) is 4.74 Å². The van der Waals surface area contributed by atoms with Crippen molar-refractivity contribution in [2.75, 3.05) is 12.9 Å². The fourth-order valence-corrected chi connectivity index (χ4v) is 4.18. The molecule has 0 bridgehead atoms. The Balaban J connectivity index is 2.32. The van der Waals surface area contributed by atoms with Crippen LogP contribution in [0.25, 0.3) is 22.0 Å². The third-order valence-corrected chi connectivity index (χ3v) is 5.37. The molecule has 4 nitrogen and oxygen atoms in total. The molecule has 134 valence electrons. The van der Waals surface area contributed by atoms with Crippen molar-refractivity contribution in [2.45, 2.75) is 32.2 Å². The molecule has 0 atom stereocenters. The first-order valence-corrected chi connectivity index (χ1v) is 9.96. The predicted molar refractivity (Wildman–Crippen MR) is 106 cm³/mol. The van der Waals surface area contributed by atoms with E-state index in [0.717, 1.165) is 39.2 Å². The molecular formula is C21H23N2O2S+. The molecule has 1 aromatic carbocycles. The van der Waals surface area contributed by atoms with Crippen LogP contribution in [0.3, 0.4) is 0 Å². The monoisotopic (exact) mass is 367 g/mol. The minimum Gasteiger partial charge on any atom is -0.462 e. The molecule has 3 rings (SSSR count). The minimum atomic E-state index is -0.253. The molecule has 0 radical (unpaired) electrons. The van der Waals surface area contributed by atoms with E-state index >= 15 is 0 Å². The molecule has 2 heterocycles. The highest BCUT2D eigenvalue weighted by Gasteiger charge is 2.27. The highest BCUT2D eigenvalue weighted by Crippen LogP contribution is 2.33. The number of aromatic nitrogens is 2. The number of hydrogen-bond donors (Lipinski definition) is 0. The zero-order chi connectivity index (χ0) is 18.7. The van der Waals surface area contributed by atoms with E-state index in [-0.39, 0.29) is 5.97 Å². The number of ether oxygens (including phenoxy) is 1. The van der Waals surface area contributed by atoms with Gasteiger partial charge < -0.3 is 4.74 Å². The normalized spacial score (nSPS) is 10.9. The van der Waals surface area contributed by atoms with E-state index in [9.17, 15) is 4.79 Å². The van der Waals surface area contributed by atoms with Crippen molar-refractivity contribution in [3.8, 4) is 11.1 Å². The lowest BCUT2D eigenvalue weighted by atomic mass is 10.0. The third-order valence-electron chi connectivity index (χ3n) is 4.54. The van der Waals surface area contributed by atoms with Crippen molar-refractivity contribution < 1.29 is 14.1 Å². The van der Waals surface area contributed by atoms with Crippen LogP contribution in [0.5, 0.6) is 0 Å². The first-order chi connectivity index (χ1) is 12.6. The molecule has 0 unspecified atom stereocenters. The molecule has 3 aromatic rings. The summed E-state index contributed by atoms with van der Waals surface area (Å²) >= 11 is 1.59. The third kappa shape index (κ3) is 3.19.